The lowest BCUT2D eigenvalue weighted by molar-refractivity contribution is -0.0372. The topological polar surface area (TPSA) is 24.5 Å². The van der Waals surface area contributed by atoms with Crippen molar-refractivity contribution in [2.45, 2.75) is 31.9 Å². The van der Waals surface area contributed by atoms with Gasteiger partial charge in [0.25, 0.3) is 0 Å². The first-order valence-corrected chi connectivity index (χ1v) is 7.28. The van der Waals surface area contributed by atoms with E-state index in [-0.39, 0.29) is 6.10 Å². The maximum Gasteiger partial charge on any atom is 0.0858 e. The van der Waals surface area contributed by atoms with Gasteiger partial charge in [-0.1, -0.05) is 31.2 Å². The Morgan fingerprint density at radius 2 is 2.00 bits per heavy atom. The van der Waals surface area contributed by atoms with Crippen LogP contribution in [0, 0.1) is 0 Å². The molecule has 1 fully saturated rings. The fourth-order valence-electron chi connectivity index (χ4n) is 2.64. The normalized spacial score (nSPS) is 22.4. The largest absolute Gasteiger partial charge is 0.374 e. The average molecular weight is 262 g/mol. The number of ether oxygens (including phenoxy) is 1. The molecule has 1 aromatic carbocycles. The molecule has 0 aliphatic carbocycles. The molecule has 0 radical (unpaired) electrons. The average Bonchev–Trinajstić information content (AvgIpc) is 2.45. The predicted octanol–water partition coefficient (Wildman–Crippen LogP) is 1.71. The number of benzene rings is 1. The summed E-state index contributed by atoms with van der Waals surface area (Å²) in [5.74, 6) is 0. The minimum Gasteiger partial charge on any atom is -0.374 e. The van der Waals surface area contributed by atoms with Gasteiger partial charge < -0.3 is 15.0 Å². The van der Waals surface area contributed by atoms with Crippen molar-refractivity contribution < 1.29 is 4.74 Å². The number of likely N-dealkylation sites (N-methyl/N-ethyl adjacent to an activating group) is 2. The Morgan fingerprint density at radius 3 is 2.58 bits per heavy atom. The number of rotatable bonds is 5. The summed E-state index contributed by atoms with van der Waals surface area (Å²) in [4.78, 5) is 2.35. The van der Waals surface area contributed by atoms with Crippen LogP contribution < -0.4 is 5.32 Å². The van der Waals surface area contributed by atoms with E-state index in [9.17, 15) is 0 Å². The number of hydrogen-bond donors (Lipinski definition) is 1. The molecule has 2 rings (SSSR count). The summed E-state index contributed by atoms with van der Waals surface area (Å²) in [6, 6.07) is 9.34. The minimum atomic E-state index is 0.287. The molecule has 3 nitrogen and oxygen atoms in total. The first-order valence-electron chi connectivity index (χ1n) is 7.28. The van der Waals surface area contributed by atoms with Gasteiger partial charge in [0.05, 0.1) is 12.7 Å². The predicted molar refractivity (Wildman–Crippen MR) is 79.6 cm³/mol. The van der Waals surface area contributed by atoms with Crippen LogP contribution in [0.5, 0.6) is 0 Å². The highest BCUT2D eigenvalue weighted by atomic mass is 16.5. The summed E-state index contributed by atoms with van der Waals surface area (Å²) in [6.07, 6.45) is 2.42. The quantitative estimate of drug-likeness (QED) is 0.874. The Labute approximate surface area is 116 Å². The summed E-state index contributed by atoms with van der Waals surface area (Å²) in [7, 11) is 4.20. The van der Waals surface area contributed by atoms with Gasteiger partial charge in [0.15, 0.2) is 0 Å². The third kappa shape index (κ3) is 4.03. The summed E-state index contributed by atoms with van der Waals surface area (Å²) < 4.78 is 5.91. The van der Waals surface area contributed by atoms with E-state index in [1.165, 1.54) is 11.1 Å². The molecule has 2 unspecified atom stereocenters. The van der Waals surface area contributed by atoms with Crippen molar-refractivity contribution in [3.05, 3.63) is 35.4 Å². The Bertz CT molecular complexity index is 377. The number of nitrogens with one attached hydrogen (secondary N) is 1. The summed E-state index contributed by atoms with van der Waals surface area (Å²) in [5.41, 5.74) is 2.78. The molecule has 1 aromatic rings. The highest BCUT2D eigenvalue weighted by molar-refractivity contribution is 5.23. The SMILES string of the molecule is CCc1ccc(CC(NC)C2CN(C)CCO2)cc1. The van der Waals surface area contributed by atoms with Crippen molar-refractivity contribution in [1.29, 1.82) is 0 Å². The summed E-state index contributed by atoms with van der Waals surface area (Å²) in [5, 5.41) is 3.42. The summed E-state index contributed by atoms with van der Waals surface area (Å²) in [6.45, 7) is 5.09. The molecule has 1 saturated heterocycles. The summed E-state index contributed by atoms with van der Waals surface area (Å²) >= 11 is 0. The molecule has 19 heavy (non-hydrogen) atoms. The smallest absolute Gasteiger partial charge is 0.0858 e. The van der Waals surface area contributed by atoms with Crippen molar-refractivity contribution in [2.24, 2.45) is 0 Å². The molecule has 1 aliphatic rings. The molecule has 1 aliphatic heterocycles. The number of aryl methyl sites for hydroxylation is 1. The zero-order chi connectivity index (χ0) is 13.7. The molecule has 2 atom stereocenters. The molecular weight excluding hydrogens is 236 g/mol. The Kier molecular flexibility index (Phi) is 5.37. The molecule has 0 bridgehead atoms. The molecule has 106 valence electrons. The van der Waals surface area contributed by atoms with E-state index >= 15 is 0 Å². The second kappa shape index (κ2) is 7.04. The lowest BCUT2D eigenvalue weighted by atomic mass is 9.99. The molecule has 0 amide bonds. The Hall–Kier alpha value is -0.900. The van der Waals surface area contributed by atoms with Gasteiger partial charge in [-0.05, 0) is 38.1 Å². The van der Waals surface area contributed by atoms with Gasteiger partial charge in [-0.15, -0.1) is 0 Å². The lowest BCUT2D eigenvalue weighted by Crippen LogP contribution is -2.51. The third-order valence-electron chi connectivity index (χ3n) is 4.00. The van der Waals surface area contributed by atoms with Crippen molar-refractivity contribution in [3.8, 4) is 0 Å². The van der Waals surface area contributed by atoms with Crippen LogP contribution in [0.1, 0.15) is 18.1 Å². The molecule has 0 aromatic heterocycles. The van der Waals surface area contributed by atoms with Crippen LogP contribution in [0.4, 0.5) is 0 Å². The second-order valence-electron chi connectivity index (χ2n) is 5.44. The monoisotopic (exact) mass is 262 g/mol. The van der Waals surface area contributed by atoms with Crippen LogP contribution >= 0.6 is 0 Å². The lowest BCUT2D eigenvalue weighted by Gasteiger charge is -2.35. The molecule has 3 heteroatoms. The molecule has 1 N–H and O–H groups in total. The van der Waals surface area contributed by atoms with E-state index < -0.39 is 0 Å². The zero-order valence-corrected chi connectivity index (χ0v) is 12.4. The van der Waals surface area contributed by atoms with Crippen LogP contribution in [-0.4, -0.2) is 50.8 Å². The van der Waals surface area contributed by atoms with Gasteiger partial charge in [0, 0.05) is 19.1 Å². The standard InChI is InChI=1S/C16H26N2O/c1-4-13-5-7-14(8-6-13)11-15(17-2)16-12-18(3)9-10-19-16/h5-8,15-17H,4,9-12H2,1-3H3. The highest BCUT2D eigenvalue weighted by Crippen LogP contribution is 2.13. The first kappa shape index (κ1) is 14.5. The van der Waals surface area contributed by atoms with Crippen LogP contribution in [0.15, 0.2) is 24.3 Å². The fourth-order valence-corrected chi connectivity index (χ4v) is 2.64. The van der Waals surface area contributed by atoms with Gasteiger partial charge in [0.1, 0.15) is 0 Å². The van der Waals surface area contributed by atoms with Gasteiger partial charge in [0.2, 0.25) is 0 Å². The van der Waals surface area contributed by atoms with Crippen LogP contribution in [-0.2, 0) is 17.6 Å². The maximum atomic E-state index is 5.91. The van der Waals surface area contributed by atoms with Gasteiger partial charge in [-0.2, -0.15) is 0 Å². The fraction of sp³-hybridized carbons (Fsp3) is 0.625. The zero-order valence-electron chi connectivity index (χ0n) is 12.4. The van der Waals surface area contributed by atoms with E-state index in [2.05, 4.69) is 48.5 Å². The first-order chi connectivity index (χ1) is 9.22. The molecule has 0 spiro atoms. The third-order valence-corrected chi connectivity index (χ3v) is 4.00. The van der Waals surface area contributed by atoms with E-state index in [1.807, 2.05) is 7.05 Å². The van der Waals surface area contributed by atoms with Crippen molar-refractivity contribution >= 4 is 0 Å². The highest BCUT2D eigenvalue weighted by Gasteiger charge is 2.25. The Morgan fingerprint density at radius 1 is 1.32 bits per heavy atom. The van der Waals surface area contributed by atoms with Gasteiger partial charge >= 0.3 is 0 Å². The van der Waals surface area contributed by atoms with E-state index in [0.29, 0.717) is 6.04 Å². The molecular formula is C16H26N2O. The molecule has 0 saturated carbocycles. The van der Waals surface area contributed by atoms with Crippen molar-refractivity contribution in [3.63, 3.8) is 0 Å². The van der Waals surface area contributed by atoms with Gasteiger partial charge in [-0.3, -0.25) is 0 Å². The van der Waals surface area contributed by atoms with E-state index in [1.54, 1.807) is 0 Å². The second-order valence-corrected chi connectivity index (χ2v) is 5.44. The van der Waals surface area contributed by atoms with Crippen molar-refractivity contribution in [1.82, 2.24) is 10.2 Å². The molecule has 1 heterocycles. The van der Waals surface area contributed by atoms with Crippen LogP contribution in [0.2, 0.25) is 0 Å². The number of morpholine rings is 1. The van der Waals surface area contributed by atoms with E-state index in [4.69, 9.17) is 4.74 Å². The van der Waals surface area contributed by atoms with Crippen molar-refractivity contribution in [2.75, 3.05) is 33.8 Å². The number of hydrogen-bond acceptors (Lipinski definition) is 3. The van der Waals surface area contributed by atoms with Gasteiger partial charge in [-0.25, -0.2) is 0 Å². The minimum absolute atomic E-state index is 0.287. The van der Waals surface area contributed by atoms with Crippen LogP contribution in [0.25, 0.3) is 0 Å². The Balaban J connectivity index is 1.97. The van der Waals surface area contributed by atoms with E-state index in [0.717, 1.165) is 32.5 Å². The van der Waals surface area contributed by atoms with Crippen LogP contribution in [0.3, 0.4) is 0 Å². The maximum absolute atomic E-state index is 5.91. The number of nitrogens with zero attached hydrogens (tertiary/aromatic N) is 1.